The molecule has 1 saturated heterocycles. The molecule has 0 bridgehead atoms. The Bertz CT molecular complexity index is 1340. The van der Waals surface area contributed by atoms with Gasteiger partial charge in [0, 0.05) is 5.69 Å². The van der Waals surface area contributed by atoms with E-state index >= 15 is 0 Å². The molecule has 0 unspecified atom stereocenters. The molecule has 9 heteroatoms. The van der Waals surface area contributed by atoms with Crippen LogP contribution in [0.25, 0.3) is 6.08 Å². The summed E-state index contributed by atoms with van der Waals surface area (Å²) < 4.78 is 11.4. The van der Waals surface area contributed by atoms with Crippen LogP contribution in [0, 0.1) is 6.92 Å². The highest BCUT2D eigenvalue weighted by Crippen LogP contribution is 2.39. The summed E-state index contributed by atoms with van der Waals surface area (Å²) in [6.07, 6.45) is 1.54. The molecule has 3 amide bonds. The summed E-state index contributed by atoms with van der Waals surface area (Å²) in [7, 11) is 1.49. The minimum Gasteiger partial charge on any atom is -0.493 e. The second-order valence-corrected chi connectivity index (χ2v) is 9.39. The molecule has 0 aromatic heterocycles. The van der Waals surface area contributed by atoms with E-state index in [1.54, 1.807) is 42.5 Å². The molecular weight excluding hydrogens is 500 g/mol. The van der Waals surface area contributed by atoms with Crippen LogP contribution in [0.2, 0.25) is 5.02 Å². The average molecular weight is 523 g/mol. The van der Waals surface area contributed by atoms with Gasteiger partial charge in [-0.25, -0.2) is 0 Å². The fourth-order valence-electron chi connectivity index (χ4n) is 3.57. The molecular formula is C27H23ClN2O5S. The highest BCUT2D eigenvalue weighted by Gasteiger charge is 2.36. The summed E-state index contributed by atoms with van der Waals surface area (Å²) >= 11 is 7.24. The first kappa shape index (κ1) is 25.3. The summed E-state index contributed by atoms with van der Waals surface area (Å²) in [5.41, 5.74) is 3.24. The number of carbonyl (C=O) groups is 3. The Balaban J connectivity index is 1.47. The number of hydrogen-bond acceptors (Lipinski definition) is 6. The topological polar surface area (TPSA) is 84.9 Å². The predicted molar refractivity (Wildman–Crippen MR) is 141 cm³/mol. The zero-order valence-electron chi connectivity index (χ0n) is 19.6. The van der Waals surface area contributed by atoms with Crippen molar-refractivity contribution in [2.24, 2.45) is 0 Å². The number of para-hydroxylation sites is 1. The first-order chi connectivity index (χ1) is 17.3. The van der Waals surface area contributed by atoms with Gasteiger partial charge in [0.05, 0.1) is 17.0 Å². The van der Waals surface area contributed by atoms with E-state index in [-0.39, 0.29) is 11.4 Å². The number of carbonyl (C=O) groups excluding carboxylic acids is 3. The molecule has 0 atom stereocenters. The molecule has 0 saturated carbocycles. The number of thioether (sulfide) groups is 1. The second kappa shape index (κ2) is 11.3. The van der Waals surface area contributed by atoms with Gasteiger partial charge in [0.2, 0.25) is 5.91 Å². The van der Waals surface area contributed by atoms with Gasteiger partial charge in [-0.3, -0.25) is 19.3 Å². The van der Waals surface area contributed by atoms with Crippen molar-refractivity contribution in [3.8, 4) is 11.5 Å². The Morgan fingerprint density at radius 3 is 2.58 bits per heavy atom. The standard InChI is InChI=1S/C27H23ClN2O5S/c1-17-7-6-8-18(11-17)16-35-25-21(28)12-19(13-22(25)34-2)14-23-26(32)30(27(33)36-23)15-24(31)29-20-9-4-3-5-10-20/h3-14H,15-16H2,1-2H3,(H,29,31)/b23-14-. The van der Waals surface area contributed by atoms with Crippen molar-refractivity contribution in [2.75, 3.05) is 19.0 Å². The van der Waals surface area contributed by atoms with Gasteiger partial charge >= 0.3 is 0 Å². The summed E-state index contributed by atoms with van der Waals surface area (Å²) in [5.74, 6) is -0.251. The molecule has 184 valence electrons. The number of halogens is 1. The number of nitrogens with zero attached hydrogens (tertiary/aromatic N) is 1. The maximum Gasteiger partial charge on any atom is 0.294 e. The highest BCUT2D eigenvalue weighted by atomic mass is 35.5. The molecule has 1 aliphatic heterocycles. The SMILES string of the molecule is COc1cc(/C=C2\SC(=O)N(CC(=O)Nc3ccccc3)C2=O)cc(Cl)c1OCc1cccc(C)c1. The molecule has 1 heterocycles. The van der Waals surface area contributed by atoms with Gasteiger partial charge < -0.3 is 14.8 Å². The number of ether oxygens (including phenoxy) is 2. The summed E-state index contributed by atoms with van der Waals surface area (Å²) in [6, 6.07) is 20.0. The van der Waals surface area contributed by atoms with Crippen LogP contribution in [0.4, 0.5) is 10.5 Å². The average Bonchev–Trinajstić information content (AvgIpc) is 3.11. The third-order valence-corrected chi connectivity index (χ3v) is 6.44. The van der Waals surface area contributed by atoms with Gasteiger partial charge in [-0.05, 0) is 60.2 Å². The lowest BCUT2D eigenvalue weighted by Gasteiger charge is -2.14. The molecule has 3 aromatic carbocycles. The number of rotatable bonds is 8. The van der Waals surface area contributed by atoms with Crippen LogP contribution in [0.15, 0.2) is 71.6 Å². The van der Waals surface area contributed by atoms with Gasteiger partial charge in [0.1, 0.15) is 13.2 Å². The van der Waals surface area contributed by atoms with Crippen molar-refractivity contribution >= 4 is 52.2 Å². The largest absolute Gasteiger partial charge is 0.493 e. The number of aryl methyl sites for hydroxylation is 1. The maximum absolute atomic E-state index is 12.8. The number of nitrogens with one attached hydrogen (secondary N) is 1. The van der Waals surface area contributed by atoms with Crippen LogP contribution < -0.4 is 14.8 Å². The molecule has 1 fully saturated rings. The molecule has 0 spiro atoms. The third-order valence-electron chi connectivity index (χ3n) is 5.25. The molecule has 1 aliphatic rings. The fraction of sp³-hybridized carbons (Fsp3) is 0.148. The molecule has 7 nitrogen and oxygen atoms in total. The van der Waals surface area contributed by atoms with Crippen LogP contribution in [-0.2, 0) is 16.2 Å². The Morgan fingerprint density at radius 2 is 1.86 bits per heavy atom. The minimum absolute atomic E-state index is 0.180. The van der Waals surface area contributed by atoms with Crippen molar-refractivity contribution < 1.29 is 23.9 Å². The molecule has 4 rings (SSSR count). The van der Waals surface area contributed by atoms with Crippen LogP contribution in [0.5, 0.6) is 11.5 Å². The normalized spacial score (nSPS) is 14.3. The minimum atomic E-state index is -0.553. The quantitative estimate of drug-likeness (QED) is 0.370. The van der Waals surface area contributed by atoms with E-state index in [0.717, 1.165) is 27.8 Å². The fourth-order valence-corrected chi connectivity index (χ4v) is 4.69. The van der Waals surface area contributed by atoms with Crippen molar-refractivity contribution in [1.29, 1.82) is 0 Å². The van der Waals surface area contributed by atoms with E-state index < -0.39 is 17.1 Å². The molecule has 36 heavy (non-hydrogen) atoms. The number of anilines is 1. The van der Waals surface area contributed by atoms with Crippen molar-refractivity contribution in [3.05, 3.63) is 93.3 Å². The lowest BCUT2D eigenvalue weighted by Crippen LogP contribution is -2.36. The second-order valence-electron chi connectivity index (χ2n) is 7.99. The summed E-state index contributed by atoms with van der Waals surface area (Å²) in [5, 5.41) is 2.45. The zero-order chi connectivity index (χ0) is 25.7. The number of imide groups is 1. The Kier molecular flexibility index (Phi) is 7.97. The van der Waals surface area contributed by atoms with Crippen LogP contribution in [-0.4, -0.2) is 35.6 Å². The van der Waals surface area contributed by atoms with Gasteiger partial charge in [-0.1, -0.05) is 59.6 Å². The Hall–Kier alpha value is -3.75. The van der Waals surface area contributed by atoms with Crippen molar-refractivity contribution in [2.45, 2.75) is 13.5 Å². The first-order valence-corrected chi connectivity index (χ1v) is 12.2. The number of methoxy groups -OCH3 is 1. The van der Waals surface area contributed by atoms with Crippen LogP contribution in [0.3, 0.4) is 0 Å². The molecule has 0 radical (unpaired) electrons. The lowest BCUT2D eigenvalue weighted by molar-refractivity contribution is -0.127. The van der Waals surface area contributed by atoms with Gasteiger partial charge in [-0.2, -0.15) is 0 Å². The monoisotopic (exact) mass is 522 g/mol. The molecule has 0 aliphatic carbocycles. The first-order valence-electron chi connectivity index (χ1n) is 11.0. The smallest absolute Gasteiger partial charge is 0.294 e. The van der Waals surface area contributed by atoms with E-state index in [0.29, 0.717) is 34.4 Å². The van der Waals surface area contributed by atoms with E-state index in [1.807, 2.05) is 37.3 Å². The highest BCUT2D eigenvalue weighted by molar-refractivity contribution is 8.18. The Morgan fingerprint density at radius 1 is 1.08 bits per heavy atom. The van der Waals surface area contributed by atoms with Gasteiger partial charge in [-0.15, -0.1) is 0 Å². The number of hydrogen-bond donors (Lipinski definition) is 1. The van der Waals surface area contributed by atoms with Gasteiger partial charge in [0.15, 0.2) is 11.5 Å². The van der Waals surface area contributed by atoms with Crippen LogP contribution >= 0.6 is 23.4 Å². The van der Waals surface area contributed by atoms with Crippen LogP contribution in [0.1, 0.15) is 16.7 Å². The zero-order valence-corrected chi connectivity index (χ0v) is 21.2. The van der Waals surface area contributed by atoms with E-state index in [9.17, 15) is 14.4 Å². The van der Waals surface area contributed by atoms with Crippen molar-refractivity contribution in [3.63, 3.8) is 0 Å². The summed E-state index contributed by atoms with van der Waals surface area (Å²) in [6.45, 7) is 1.93. The Labute approximate surface area is 218 Å². The van der Waals surface area contributed by atoms with Crippen molar-refractivity contribution in [1.82, 2.24) is 4.90 Å². The van der Waals surface area contributed by atoms with E-state index in [4.69, 9.17) is 21.1 Å². The summed E-state index contributed by atoms with van der Waals surface area (Å²) in [4.78, 5) is 38.7. The predicted octanol–water partition coefficient (Wildman–Crippen LogP) is 5.91. The molecule has 1 N–H and O–H groups in total. The number of amides is 3. The van der Waals surface area contributed by atoms with Gasteiger partial charge in [0.25, 0.3) is 11.1 Å². The molecule has 3 aromatic rings. The van der Waals surface area contributed by atoms with E-state index in [2.05, 4.69) is 5.32 Å². The maximum atomic E-state index is 12.8. The number of benzene rings is 3. The lowest BCUT2D eigenvalue weighted by atomic mass is 10.1. The third kappa shape index (κ3) is 6.08. The van der Waals surface area contributed by atoms with E-state index in [1.165, 1.54) is 7.11 Å².